The molecule has 2 aromatic carbocycles. The average molecular weight is 234 g/mol. The van der Waals surface area contributed by atoms with Crippen molar-refractivity contribution in [1.82, 2.24) is 4.98 Å². The molecule has 2 N–H and O–H groups in total. The lowest BCUT2D eigenvalue weighted by Crippen LogP contribution is -1.92. The number of hydrogen-bond acceptors (Lipinski definition) is 2. The van der Waals surface area contributed by atoms with Crippen molar-refractivity contribution in [3.05, 3.63) is 60.2 Å². The number of pyridine rings is 1. The zero-order chi connectivity index (χ0) is 12.5. The third-order valence-electron chi connectivity index (χ3n) is 3.10. The fourth-order valence-electron chi connectivity index (χ4n) is 2.07. The topological polar surface area (TPSA) is 38.9 Å². The lowest BCUT2D eigenvalue weighted by molar-refractivity contribution is 1.38. The van der Waals surface area contributed by atoms with Gasteiger partial charge in [-0.15, -0.1) is 0 Å². The van der Waals surface area contributed by atoms with Crippen LogP contribution in [0, 0.1) is 6.92 Å². The second-order valence-corrected chi connectivity index (χ2v) is 4.48. The summed E-state index contributed by atoms with van der Waals surface area (Å²) in [6.45, 7) is 2.08. The Bertz CT molecular complexity index is 700. The average Bonchev–Trinajstić information content (AvgIpc) is 2.39. The fraction of sp³-hybridized carbons (Fsp3) is 0.0625. The molecule has 3 rings (SSSR count). The normalized spacial score (nSPS) is 10.7. The highest BCUT2D eigenvalue weighted by Gasteiger charge is 2.04. The van der Waals surface area contributed by atoms with E-state index in [0.29, 0.717) is 0 Å². The van der Waals surface area contributed by atoms with E-state index in [1.165, 1.54) is 5.56 Å². The predicted molar refractivity (Wildman–Crippen MR) is 76.3 cm³/mol. The number of anilines is 1. The number of hydrogen-bond donors (Lipinski definition) is 1. The van der Waals surface area contributed by atoms with Crippen LogP contribution >= 0.6 is 0 Å². The first kappa shape index (κ1) is 10.8. The van der Waals surface area contributed by atoms with Gasteiger partial charge in [0, 0.05) is 16.6 Å². The molecule has 0 aliphatic rings. The molecule has 0 radical (unpaired) electrons. The van der Waals surface area contributed by atoms with Crippen molar-refractivity contribution in [3.8, 4) is 11.3 Å². The molecule has 0 unspecified atom stereocenters. The Morgan fingerprint density at radius 1 is 0.944 bits per heavy atom. The van der Waals surface area contributed by atoms with Crippen LogP contribution in [0.4, 0.5) is 5.69 Å². The number of aryl methyl sites for hydroxylation is 1. The van der Waals surface area contributed by atoms with Crippen LogP contribution in [0.15, 0.2) is 54.6 Å². The molecule has 0 fully saturated rings. The van der Waals surface area contributed by atoms with Crippen LogP contribution < -0.4 is 5.73 Å². The Morgan fingerprint density at radius 2 is 1.67 bits per heavy atom. The zero-order valence-electron chi connectivity index (χ0n) is 10.2. The van der Waals surface area contributed by atoms with Crippen LogP contribution in [-0.2, 0) is 0 Å². The van der Waals surface area contributed by atoms with E-state index >= 15 is 0 Å². The minimum Gasteiger partial charge on any atom is -0.398 e. The molecule has 88 valence electrons. The van der Waals surface area contributed by atoms with Crippen molar-refractivity contribution in [2.75, 3.05) is 5.73 Å². The van der Waals surface area contributed by atoms with Crippen molar-refractivity contribution in [1.29, 1.82) is 0 Å². The van der Waals surface area contributed by atoms with Gasteiger partial charge in [-0.2, -0.15) is 0 Å². The Kier molecular flexibility index (Phi) is 2.49. The highest BCUT2D eigenvalue weighted by Crippen LogP contribution is 2.26. The smallest absolute Gasteiger partial charge is 0.0730 e. The number of benzene rings is 2. The molecule has 0 atom stereocenters. The van der Waals surface area contributed by atoms with E-state index in [0.717, 1.165) is 27.8 Å². The summed E-state index contributed by atoms with van der Waals surface area (Å²) in [4.78, 5) is 4.66. The molecule has 2 heteroatoms. The van der Waals surface area contributed by atoms with Crippen molar-refractivity contribution >= 4 is 16.6 Å². The number of nitrogens with zero attached hydrogens (tertiary/aromatic N) is 1. The minimum absolute atomic E-state index is 0.774. The van der Waals surface area contributed by atoms with E-state index in [-0.39, 0.29) is 0 Å². The number of rotatable bonds is 1. The van der Waals surface area contributed by atoms with Crippen LogP contribution in [-0.4, -0.2) is 4.98 Å². The second kappa shape index (κ2) is 4.15. The first-order valence-electron chi connectivity index (χ1n) is 5.96. The standard InChI is InChI=1S/C16H14N2/c1-11-6-8-12(9-7-11)16-10-14(17)13-4-2-3-5-15(13)18-16/h2-10H,1H3,(H2,17,18). The van der Waals surface area contributed by atoms with E-state index in [1.807, 2.05) is 30.3 Å². The number of nitrogen functional groups attached to an aromatic ring is 1. The fourth-order valence-corrected chi connectivity index (χ4v) is 2.07. The molecule has 18 heavy (non-hydrogen) atoms. The van der Waals surface area contributed by atoms with Crippen LogP contribution in [0.5, 0.6) is 0 Å². The van der Waals surface area contributed by atoms with E-state index < -0.39 is 0 Å². The summed E-state index contributed by atoms with van der Waals surface area (Å²) in [5, 5.41) is 1.01. The number of fused-ring (bicyclic) bond motifs is 1. The molecule has 0 spiro atoms. The van der Waals surface area contributed by atoms with Gasteiger partial charge in [0.1, 0.15) is 0 Å². The molecule has 1 heterocycles. The quantitative estimate of drug-likeness (QED) is 0.695. The second-order valence-electron chi connectivity index (χ2n) is 4.48. The van der Waals surface area contributed by atoms with Crippen LogP contribution in [0.3, 0.4) is 0 Å². The molecule has 0 saturated carbocycles. The number of aromatic nitrogens is 1. The highest BCUT2D eigenvalue weighted by molar-refractivity contribution is 5.92. The van der Waals surface area contributed by atoms with Crippen molar-refractivity contribution in [3.63, 3.8) is 0 Å². The third kappa shape index (κ3) is 1.82. The van der Waals surface area contributed by atoms with E-state index in [1.54, 1.807) is 0 Å². The van der Waals surface area contributed by atoms with Gasteiger partial charge in [0.2, 0.25) is 0 Å². The van der Waals surface area contributed by atoms with Gasteiger partial charge in [0.15, 0.2) is 0 Å². The molecule has 3 aromatic rings. The summed E-state index contributed by atoms with van der Waals surface area (Å²) in [5.41, 5.74) is 11.1. The first-order valence-corrected chi connectivity index (χ1v) is 5.96. The maximum atomic E-state index is 6.08. The van der Waals surface area contributed by atoms with Crippen molar-refractivity contribution in [2.24, 2.45) is 0 Å². The van der Waals surface area contributed by atoms with Gasteiger partial charge in [0.05, 0.1) is 11.2 Å². The SMILES string of the molecule is Cc1ccc(-c2cc(N)c3ccccc3n2)cc1. The van der Waals surface area contributed by atoms with Gasteiger partial charge in [0.25, 0.3) is 0 Å². The summed E-state index contributed by atoms with van der Waals surface area (Å²) in [6.07, 6.45) is 0. The Balaban J connectivity index is 2.21. The van der Waals surface area contributed by atoms with Crippen LogP contribution in [0.25, 0.3) is 22.2 Å². The van der Waals surface area contributed by atoms with Gasteiger partial charge >= 0.3 is 0 Å². The number of para-hydroxylation sites is 1. The third-order valence-corrected chi connectivity index (χ3v) is 3.10. The summed E-state index contributed by atoms with van der Waals surface area (Å²) >= 11 is 0. The predicted octanol–water partition coefficient (Wildman–Crippen LogP) is 3.79. The Hall–Kier alpha value is -2.35. The summed E-state index contributed by atoms with van der Waals surface area (Å²) in [5.74, 6) is 0. The molecular weight excluding hydrogens is 220 g/mol. The number of nitrogens with two attached hydrogens (primary N) is 1. The van der Waals surface area contributed by atoms with Crippen LogP contribution in [0.1, 0.15) is 5.56 Å². The largest absolute Gasteiger partial charge is 0.398 e. The van der Waals surface area contributed by atoms with E-state index in [2.05, 4.69) is 36.2 Å². The summed E-state index contributed by atoms with van der Waals surface area (Å²) in [6, 6.07) is 18.2. The van der Waals surface area contributed by atoms with Gasteiger partial charge in [-0.05, 0) is 19.1 Å². The lowest BCUT2D eigenvalue weighted by Gasteiger charge is -2.06. The zero-order valence-corrected chi connectivity index (χ0v) is 10.2. The molecule has 0 bridgehead atoms. The highest BCUT2D eigenvalue weighted by atomic mass is 14.7. The summed E-state index contributed by atoms with van der Waals surface area (Å²) < 4.78 is 0. The Labute approximate surface area is 106 Å². The van der Waals surface area contributed by atoms with E-state index in [9.17, 15) is 0 Å². The maximum absolute atomic E-state index is 6.08. The van der Waals surface area contributed by atoms with Crippen molar-refractivity contribution < 1.29 is 0 Å². The molecule has 0 amide bonds. The van der Waals surface area contributed by atoms with Crippen molar-refractivity contribution in [2.45, 2.75) is 6.92 Å². The molecular formula is C16H14N2. The lowest BCUT2D eigenvalue weighted by atomic mass is 10.1. The molecule has 0 aliphatic heterocycles. The van der Waals surface area contributed by atoms with E-state index in [4.69, 9.17) is 5.73 Å². The molecule has 0 saturated heterocycles. The maximum Gasteiger partial charge on any atom is 0.0730 e. The monoisotopic (exact) mass is 234 g/mol. The van der Waals surface area contributed by atoms with Crippen LogP contribution in [0.2, 0.25) is 0 Å². The van der Waals surface area contributed by atoms with Gasteiger partial charge in [-0.25, -0.2) is 4.98 Å². The molecule has 0 aliphatic carbocycles. The van der Waals surface area contributed by atoms with Gasteiger partial charge in [-0.1, -0.05) is 48.0 Å². The minimum atomic E-state index is 0.774. The Morgan fingerprint density at radius 3 is 2.44 bits per heavy atom. The van der Waals surface area contributed by atoms with Gasteiger partial charge < -0.3 is 5.73 Å². The summed E-state index contributed by atoms with van der Waals surface area (Å²) in [7, 11) is 0. The molecule has 1 aromatic heterocycles. The first-order chi connectivity index (χ1) is 8.74. The van der Waals surface area contributed by atoms with Gasteiger partial charge in [-0.3, -0.25) is 0 Å². The molecule has 2 nitrogen and oxygen atoms in total.